The van der Waals surface area contributed by atoms with Crippen LogP contribution in [0.1, 0.15) is 277 Å². The molecule has 0 rings (SSSR count). The number of phosphoric acid groups is 1. The van der Waals surface area contributed by atoms with Crippen molar-refractivity contribution in [1.29, 1.82) is 0 Å². The molecule has 0 amide bonds. The van der Waals surface area contributed by atoms with Crippen LogP contribution in [0, 0.1) is 0 Å². The van der Waals surface area contributed by atoms with Crippen molar-refractivity contribution in [3.8, 4) is 0 Å². The molecule has 0 bridgehead atoms. The average Bonchev–Trinajstić information content (AvgIpc) is 3.37. The van der Waals surface area contributed by atoms with E-state index in [0.29, 0.717) is 6.42 Å². The van der Waals surface area contributed by atoms with Crippen LogP contribution in [0.4, 0.5) is 0 Å². The molecule has 0 aromatic heterocycles. The number of ether oxygens (including phenoxy) is 2. The van der Waals surface area contributed by atoms with Crippen molar-refractivity contribution >= 4 is 19.8 Å². The molecule has 0 saturated heterocycles. The molecule has 0 aliphatic heterocycles. The maximum absolute atomic E-state index is 12.7. The molecule has 2 atom stereocenters. The van der Waals surface area contributed by atoms with Crippen LogP contribution in [-0.2, 0) is 32.7 Å². The van der Waals surface area contributed by atoms with E-state index in [1.807, 2.05) is 0 Å². The van der Waals surface area contributed by atoms with Crippen molar-refractivity contribution in [3.63, 3.8) is 0 Å². The summed E-state index contributed by atoms with van der Waals surface area (Å²) in [6, 6.07) is 0. The fraction of sp³-hybridized carbons (Fsp3) is 0.774. The summed E-state index contributed by atoms with van der Waals surface area (Å²) in [5, 5.41) is 0. The molecule has 0 spiro atoms. The first kappa shape index (κ1) is 69.5. The van der Waals surface area contributed by atoms with Gasteiger partial charge in [-0.3, -0.25) is 18.6 Å². The molecule has 0 fully saturated rings. The fourth-order valence-electron chi connectivity index (χ4n) is 8.47. The highest BCUT2D eigenvalue weighted by Crippen LogP contribution is 2.43. The zero-order valence-corrected chi connectivity index (χ0v) is 47.5. The van der Waals surface area contributed by atoms with Crippen LogP contribution in [0.2, 0.25) is 0 Å². The zero-order valence-electron chi connectivity index (χ0n) is 46.7. The summed E-state index contributed by atoms with van der Waals surface area (Å²) >= 11 is 0. The highest BCUT2D eigenvalue weighted by atomic mass is 31.2. The Bertz CT molecular complexity index is 1410. The van der Waals surface area contributed by atoms with E-state index in [2.05, 4.69) is 86.8 Å². The minimum atomic E-state index is -4.38. The minimum Gasteiger partial charge on any atom is -0.462 e. The summed E-state index contributed by atoms with van der Waals surface area (Å²) in [6.45, 7) is 3.66. The quantitative estimate of drug-likeness (QED) is 0.0264. The third kappa shape index (κ3) is 56.7. The lowest BCUT2D eigenvalue weighted by Gasteiger charge is -2.19. The van der Waals surface area contributed by atoms with Crippen molar-refractivity contribution in [2.24, 2.45) is 5.73 Å². The summed E-state index contributed by atoms with van der Waals surface area (Å²) in [4.78, 5) is 35.1. The number of hydrogen-bond acceptors (Lipinski definition) is 8. The van der Waals surface area contributed by atoms with Gasteiger partial charge in [0.2, 0.25) is 0 Å². The maximum Gasteiger partial charge on any atom is 0.472 e. The van der Waals surface area contributed by atoms with Gasteiger partial charge in [-0.15, -0.1) is 0 Å². The van der Waals surface area contributed by atoms with E-state index >= 15 is 0 Å². The first-order valence-electron chi connectivity index (χ1n) is 29.9. The van der Waals surface area contributed by atoms with Gasteiger partial charge in [0.25, 0.3) is 0 Å². The second-order valence-electron chi connectivity index (χ2n) is 19.8. The van der Waals surface area contributed by atoms with Gasteiger partial charge < -0.3 is 20.1 Å². The molecule has 2 unspecified atom stereocenters. The Hall–Kier alpha value is -2.55. The molecule has 0 aromatic carbocycles. The molecule has 3 N–H and O–H groups in total. The van der Waals surface area contributed by atoms with Crippen molar-refractivity contribution in [1.82, 2.24) is 0 Å². The highest BCUT2D eigenvalue weighted by molar-refractivity contribution is 7.47. The number of unbranched alkanes of at least 4 members (excludes halogenated alkanes) is 31. The van der Waals surface area contributed by atoms with Gasteiger partial charge in [0.1, 0.15) is 6.61 Å². The Balaban J connectivity index is 3.84. The molecule has 0 heterocycles. The van der Waals surface area contributed by atoms with Crippen LogP contribution in [0.25, 0.3) is 0 Å². The number of nitrogens with two attached hydrogens (primary N) is 1. The third-order valence-corrected chi connectivity index (χ3v) is 13.8. The van der Waals surface area contributed by atoms with Gasteiger partial charge >= 0.3 is 19.8 Å². The van der Waals surface area contributed by atoms with E-state index in [9.17, 15) is 19.0 Å². The Morgan fingerprint density at radius 3 is 1.14 bits per heavy atom. The molecular formula is C62H112NO8P. The SMILES string of the molecule is CC/C=C\C/C=C\C/C=C\C/C=C\C/C=C\C/C=C\CCCCCCCCCCCCCCCCCCCCC(=O)OC(COC(=O)CCCCCCCCCCCCCCCC)COP(=O)(O)OCCN. The summed E-state index contributed by atoms with van der Waals surface area (Å²) in [5.41, 5.74) is 5.38. The number of esters is 2. The zero-order chi connectivity index (χ0) is 52.4. The minimum absolute atomic E-state index is 0.0541. The molecule has 0 aliphatic carbocycles. The van der Waals surface area contributed by atoms with Gasteiger partial charge in [-0.2, -0.15) is 0 Å². The van der Waals surface area contributed by atoms with Gasteiger partial charge in [-0.05, 0) is 64.2 Å². The first-order chi connectivity index (χ1) is 35.3. The van der Waals surface area contributed by atoms with Crippen molar-refractivity contribution < 1.29 is 37.6 Å². The molecule has 418 valence electrons. The standard InChI is InChI=1S/C62H112NO8P/c1-3-5-7-9-11-13-15-17-19-20-21-22-23-24-25-26-27-28-29-30-31-32-33-34-35-36-37-38-39-40-41-43-45-47-49-51-53-55-62(65)71-60(59-70-72(66,67)69-57-56-63)58-68-61(64)54-52-50-48-46-44-42-18-16-14-12-10-8-6-4-2/h5,7,11,13,17,19,21-22,24-25,27-28,60H,3-4,6,8-10,12,14-16,18,20,23,26,29-59,63H2,1-2H3,(H,66,67)/b7-5-,13-11-,19-17-,22-21-,25-24-,28-27-. The van der Waals surface area contributed by atoms with Gasteiger partial charge in [0, 0.05) is 19.4 Å². The van der Waals surface area contributed by atoms with Gasteiger partial charge in [-0.25, -0.2) is 4.57 Å². The molecule has 0 radical (unpaired) electrons. The maximum atomic E-state index is 12.7. The van der Waals surface area contributed by atoms with E-state index in [0.717, 1.165) is 77.0 Å². The number of allylic oxidation sites excluding steroid dienone is 12. The Morgan fingerprint density at radius 1 is 0.431 bits per heavy atom. The van der Waals surface area contributed by atoms with Gasteiger partial charge in [0.15, 0.2) is 6.10 Å². The molecule has 72 heavy (non-hydrogen) atoms. The monoisotopic (exact) mass is 1030 g/mol. The Labute approximate surface area is 443 Å². The second-order valence-corrected chi connectivity index (χ2v) is 21.3. The van der Waals surface area contributed by atoms with E-state index in [-0.39, 0.29) is 38.6 Å². The summed E-state index contributed by atoms with van der Waals surface area (Å²) in [5.74, 6) is -0.816. The smallest absolute Gasteiger partial charge is 0.462 e. The van der Waals surface area contributed by atoms with E-state index in [1.54, 1.807) is 0 Å². The number of phosphoric ester groups is 1. The van der Waals surface area contributed by atoms with E-state index in [4.69, 9.17) is 24.3 Å². The summed E-state index contributed by atoms with van der Waals surface area (Å²) in [6.07, 6.45) is 74.0. The topological polar surface area (TPSA) is 134 Å². The summed E-state index contributed by atoms with van der Waals surface area (Å²) in [7, 11) is -4.38. The molecule has 10 heteroatoms. The fourth-order valence-corrected chi connectivity index (χ4v) is 9.23. The molecule has 9 nitrogen and oxygen atoms in total. The predicted molar refractivity (Wildman–Crippen MR) is 307 cm³/mol. The van der Waals surface area contributed by atoms with Crippen molar-refractivity contribution in [3.05, 3.63) is 72.9 Å². The van der Waals surface area contributed by atoms with Gasteiger partial charge in [-0.1, -0.05) is 273 Å². The van der Waals surface area contributed by atoms with Crippen LogP contribution in [-0.4, -0.2) is 49.3 Å². The largest absolute Gasteiger partial charge is 0.472 e. The molecule has 0 saturated carbocycles. The van der Waals surface area contributed by atoms with Crippen LogP contribution in [0.5, 0.6) is 0 Å². The third-order valence-electron chi connectivity index (χ3n) is 12.9. The molecular weight excluding hydrogens is 918 g/mol. The van der Waals surface area contributed by atoms with Crippen LogP contribution in [0.3, 0.4) is 0 Å². The number of carbonyl (C=O) groups is 2. The predicted octanol–water partition coefficient (Wildman–Crippen LogP) is 18.9. The summed E-state index contributed by atoms with van der Waals surface area (Å²) < 4.78 is 33.0. The van der Waals surface area contributed by atoms with Crippen LogP contribution in [0.15, 0.2) is 72.9 Å². The van der Waals surface area contributed by atoms with E-state index < -0.39 is 26.5 Å². The average molecular weight is 1030 g/mol. The Morgan fingerprint density at radius 2 is 0.764 bits per heavy atom. The lowest BCUT2D eigenvalue weighted by Crippen LogP contribution is -2.29. The number of hydrogen-bond donors (Lipinski definition) is 2. The Kier molecular flexibility index (Phi) is 55.7. The highest BCUT2D eigenvalue weighted by Gasteiger charge is 2.26. The molecule has 0 aliphatic rings. The van der Waals surface area contributed by atoms with E-state index in [1.165, 1.54) is 167 Å². The number of rotatable bonds is 56. The van der Waals surface area contributed by atoms with Crippen LogP contribution < -0.4 is 5.73 Å². The van der Waals surface area contributed by atoms with Crippen molar-refractivity contribution in [2.45, 2.75) is 283 Å². The first-order valence-corrected chi connectivity index (χ1v) is 31.4. The lowest BCUT2D eigenvalue weighted by atomic mass is 10.0. The lowest BCUT2D eigenvalue weighted by molar-refractivity contribution is -0.161. The number of carbonyl (C=O) groups excluding carboxylic acids is 2. The normalized spacial score (nSPS) is 13.6. The van der Waals surface area contributed by atoms with Crippen LogP contribution >= 0.6 is 7.82 Å². The second kappa shape index (κ2) is 57.7. The van der Waals surface area contributed by atoms with Crippen molar-refractivity contribution in [2.75, 3.05) is 26.4 Å². The molecule has 0 aromatic rings. The van der Waals surface area contributed by atoms with Gasteiger partial charge in [0.05, 0.1) is 13.2 Å².